The van der Waals surface area contributed by atoms with Crippen LogP contribution in [0.1, 0.15) is 34.2 Å². The Morgan fingerprint density at radius 1 is 0.773 bits per heavy atom. The van der Waals surface area contributed by atoms with Gasteiger partial charge in [-0.2, -0.15) is 0 Å². The number of ether oxygens (including phenoxy) is 1. The number of benzene rings is 4. The number of hydrogen-bond donors (Lipinski definition) is 1. The highest BCUT2D eigenvalue weighted by Gasteiger charge is 2.55. The standard InChI is InChI=1S/C37H30N2O3S2/c1-20-12-16-22(17-13-20)28-30(37(41)42-3)29-31(32-34(28)43-26-10-6-4-8-24(26)38-32)36(40)39-25-9-5-7-11-27(25)44-35(29)33(39)23-18-14-21(2)15-19-23/h4-19,28,33-35,38H,1-3H3/t28-,33+,34+,35+/m0/s1. The molecule has 5 nitrogen and oxygen atoms in total. The number of thioether (sulfide) groups is 2. The van der Waals surface area contributed by atoms with Gasteiger partial charge in [-0.1, -0.05) is 83.9 Å². The zero-order valence-corrected chi connectivity index (χ0v) is 26.2. The third-order valence-corrected chi connectivity index (χ3v) is 11.8. The maximum Gasteiger partial charge on any atom is 0.334 e. The summed E-state index contributed by atoms with van der Waals surface area (Å²) >= 11 is 3.44. The van der Waals surface area contributed by atoms with Gasteiger partial charge in [0, 0.05) is 21.4 Å². The van der Waals surface area contributed by atoms with E-state index in [4.69, 9.17) is 4.74 Å². The first-order valence-electron chi connectivity index (χ1n) is 14.8. The molecular weight excluding hydrogens is 585 g/mol. The number of nitrogens with one attached hydrogen (secondary N) is 1. The van der Waals surface area contributed by atoms with E-state index in [0.29, 0.717) is 11.1 Å². The van der Waals surface area contributed by atoms with Crippen molar-refractivity contribution in [3.8, 4) is 0 Å². The lowest BCUT2D eigenvalue weighted by Gasteiger charge is -2.51. The van der Waals surface area contributed by atoms with Crippen LogP contribution in [-0.4, -0.2) is 29.5 Å². The minimum Gasteiger partial charge on any atom is -0.466 e. The topological polar surface area (TPSA) is 58.6 Å². The maximum absolute atomic E-state index is 15.1. The zero-order valence-electron chi connectivity index (χ0n) is 24.5. The first-order valence-corrected chi connectivity index (χ1v) is 16.5. The Hall–Kier alpha value is -4.20. The lowest BCUT2D eigenvalue weighted by Crippen LogP contribution is -2.53. The molecule has 3 aliphatic heterocycles. The van der Waals surface area contributed by atoms with Crippen LogP contribution in [0.15, 0.2) is 129 Å². The van der Waals surface area contributed by atoms with E-state index < -0.39 is 0 Å². The summed E-state index contributed by atoms with van der Waals surface area (Å²) in [5.74, 6) is -0.797. The Balaban J connectivity index is 1.45. The van der Waals surface area contributed by atoms with Crippen LogP contribution >= 0.6 is 23.5 Å². The Labute approximate surface area is 265 Å². The molecule has 1 saturated heterocycles. The number of amides is 1. The SMILES string of the molecule is COC(=O)C1=C2C(=C3Nc4ccccc4S[C@@H]3[C@H]1c1ccc(C)cc1)C(=O)N1c3ccccc3S[C@H]2[C@H]1c1ccc(C)cc1. The summed E-state index contributed by atoms with van der Waals surface area (Å²) in [6, 6.07) is 32.9. The summed E-state index contributed by atoms with van der Waals surface area (Å²) in [4.78, 5) is 33.3. The van der Waals surface area contributed by atoms with Gasteiger partial charge in [0.1, 0.15) is 0 Å². The minimum absolute atomic E-state index is 0.0918. The third kappa shape index (κ3) is 4.10. The lowest BCUT2D eigenvalue weighted by atomic mass is 9.72. The van der Waals surface area contributed by atoms with Gasteiger partial charge in [-0.05, 0) is 54.8 Å². The summed E-state index contributed by atoms with van der Waals surface area (Å²) in [7, 11) is 1.44. The molecule has 1 fully saturated rings. The number of methoxy groups -OCH3 is 1. The molecule has 2 bridgehead atoms. The number of piperidine rings is 1. The third-order valence-electron chi connectivity index (χ3n) is 9.06. The van der Waals surface area contributed by atoms with Crippen LogP contribution < -0.4 is 10.2 Å². The number of esters is 1. The highest BCUT2D eigenvalue weighted by molar-refractivity contribution is 8.00. The number of para-hydroxylation sites is 2. The van der Waals surface area contributed by atoms with Crippen molar-refractivity contribution in [3.63, 3.8) is 0 Å². The number of aryl methyl sites for hydroxylation is 2. The summed E-state index contributed by atoms with van der Waals surface area (Å²) < 4.78 is 5.58. The first-order chi connectivity index (χ1) is 21.4. The molecule has 44 heavy (non-hydrogen) atoms. The van der Waals surface area contributed by atoms with Crippen molar-refractivity contribution >= 4 is 46.8 Å². The number of carbonyl (C=O) groups is 2. The number of fused-ring (bicyclic) bond motifs is 8. The Morgan fingerprint density at radius 2 is 1.39 bits per heavy atom. The molecule has 8 rings (SSSR count). The Kier molecular flexibility index (Phi) is 6.50. The fourth-order valence-electron chi connectivity index (χ4n) is 7.01. The highest BCUT2D eigenvalue weighted by atomic mass is 32.2. The average Bonchev–Trinajstić information content (AvgIpc) is 3.05. The van der Waals surface area contributed by atoms with E-state index >= 15 is 4.79 Å². The molecule has 4 aromatic rings. The molecule has 0 saturated carbocycles. The normalized spacial score (nSPS) is 23.2. The van der Waals surface area contributed by atoms with Crippen molar-refractivity contribution in [3.05, 3.63) is 142 Å². The van der Waals surface area contributed by atoms with Gasteiger partial charge < -0.3 is 10.1 Å². The van der Waals surface area contributed by atoms with E-state index in [9.17, 15) is 4.79 Å². The fraction of sp³-hybridized carbons (Fsp3) is 0.189. The molecule has 1 amide bonds. The summed E-state index contributed by atoms with van der Waals surface area (Å²) in [6.07, 6.45) is 0. The van der Waals surface area contributed by atoms with Crippen molar-refractivity contribution in [2.75, 3.05) is 17.3 Å². The molecule has 0 radical (unpaired) electrons. The van der Waals surface area contributed by atoms with Gasteiger partial charge >= 0.3 is 5.97 Å². The lowest BCUT2D eigenvalue weighted by molar-refractivity contribution is -0.136. The molecule has 4 aromatic carbocycles. The number of nitrogens with zero attached hydrogens (tertiary/aromatic N) is 1. The zero-order chi connectivity index (χ0) is 30.1. The van der Waals surface area contributed by atoms with Crippen molar-refractivity contribution in [2.45, 2.75) is 46.1 Å². The molecule has 1 N–H and O–H groups in total. The second-order valence-corrected chi connectivity index (χ2v) is 14.1. The van der Waals surface area contributed by atoms with Crippen LogP contribution in [0.3, 0.4) is 0 Å². The molecule has 1 aliphatic carbocycles. The molecule has 4 aliphatic rings. The van der Waals surface area contributed by atoms with Gasteiger partial charge in [-0.3, -0.25) is 9.69 Å². The van der Waals surface area contributed by atoms with Gasteiger partial charge in [0.05, 0.1) is 46.2 Å². The molecule has 4 atom stereocenters. The van der Waals surface area contributed by atoms with E-state index in [1.54, 1.807) is 23.5 Å². The van der Waals surface area contributed by atoms with Crippen molar-refractivity contribution < 1.29 is 14.3 Å². The molecular formula is C37H30N2O3S2. The monoisotopic (exact) mass is 614 g/mol. The number of carbonyl (C=O) groups excluding carboxylic acids is 2. The van der Waals surface area contributed by atoms with Gasteiger partial charge in [0.15, 0.2) is 0 Å². The van der Waals surface area contributed by atoms with E-state index in [1.165, 1.54) is 7.11 Å². The molecule has 0 unspecified atom stereocenters. The van der Waals surface area contributed by atoms with E-state index in [-0.39, 0.29) is 34.3 Å². The molecule has 3 heterocycles. The Bertz CT molecular complexity index is 1910. The fourth-order valence-corrected chi connectivity index (χ4v) is 9.90. The van der Waals surface area contributed by atoms with Gasteiger partial charge in [-0.25, -0.2) is 4.79 Å². The second kappa shape index (κ2) is 10.5. The highest BCUT2D eigenvalue weighted by Crippen LogP contribution is 2.61. The number of hydrogen-bond acceptors (Lipinski definition) is 6. The van der Waals surface area contributed by atoms with Crippen LogP contribution in [0.25, 0.3) is 0 Å². The first kappa shape index (κ1) is 27.4. The van der Waals surface area contributed by atoms with Crippen LogP contribution in [0.2, 0.25) is 0 Å². The maximum atomic E-state index is 15.1. The molecule has 0 aromatic heterocycles. The van der Waals surface area contributed by atoms with Crippen molar-refractivity contribution in [1.29, 1.82) is 0 Å². The van der Waals surface area contributed by atoms with Crippen LogP contribution in [0.5, 0.6) is 0 Å². The summed E-state index contributed by atoms with van der Waals surface area (Å²) in [5, 5.41) is 3.27. The predicted molar refractivity (Wildman–Crippen MR) is 177 cm³/mol. The van der Waals surface area contributed by atoms with Crippen LogP contribution in [-0.2, 0) is 14.3 Å². The Morgan fingerprint density at radius 3 is 2.09 bits per heavy atom. The smallest absolute Gasteiger partial charge is 0.334 e. The number of anilines is 2. The number of rotatable bonds is 3. The molecule has 7 heteroatoms. The van der Waals surface area contributed by atoms with Crippen LogP contribution in [0, 0.1) is 13.8 Å². The van der Waals surface area contributed by atoms with Gasteiger partial charge in [0.25, 0.3) is 5.91 Å². The second-order valence-electron chi connectivity index (χ2n) is 11.7. The predicted octanol–water partition coefficient (Wildman–Crippen LogP) is 7.97. The van der Waals surface area contributed by atoms with E-state index in [0.717, 1.165) is 54.7 Å². The average molecular weight is 615 g/mol. The molecule has 0 spiro atoms. The van der Waals surface area contributed by atoms with Crippen molar-refractivity contribution in [2.24, 2.45) is 0 Å². The van der Waals surface area contributed by atoms with Crippen molar-refractivity contribution in [1.82, 2.24) is 0 Å². The largest absolute Gasteiger partial charge is 0.466 e. The summed E-state index contributed by atoms with van der Waals surface area (Å²) in [5.41, 5.74) is 9.07. The quantitative estimate of drug-likeness (QED) is 0.236. The van der Waals surface area contributed by atoms with E-state index in [2.05, 4.69) is 85.9 Å². The molecule has 218 valence electrons. The van der Waals surface area contributed by atoms with Gasteiger partial charge in [0.2, 0.25) is 0 Å². The van der Waals surface area contributed by atoms with Crippen LogP contribution in [0.4, 0.5) is 11.4 Å². The minimum atomic E-state index is -0.384. The van der Waals surface area contributed by atoms with E-state index in [1.807, 2.05) is 35.2 Å². The van der Waals surface area contributed by atoms with Gasteiger partial charge in [-0.15, -0.1) is 23.5 Å². The summed E-state index contributed by atoms with van der Waals surface area (Å²) in [6.45, 7) is 4.14.